The van der Waals surface area contributed by atoms with Crippen LogP contribution in [0.3, 0.4) is 0 Å². The number of non-ortho nitro benzene ring substituents is 1. The number of thiazole rings is 1. The van der Waals surface area contributed by atoms with Crippen LogP contribution in [0.15, 0.2) is 18.2 Å². The molecule has 2 aromatic rings. The highest BCUT2D eigenvalue weighted by atomic mass is 32.1. The molecule has 28 heavy (non-hydrogen) atoms. The van der Waals surface area contributed by atoms with Crippen molar-refractivity contribution in [3.05, 3.63) is 28.3 Å². The molecule has 1 atom stereocenters. The molecule has 1 amide bonds. The molecule has 1 fully saturated rings. The van der Waals surface area contributed by atoms with Gasteiger partial charge in [-0.2, -0.15) is 0 Å². The second-order valence-corrected chi connectivity index (χ2v) is 9.03. The quantitative estimate of drug-likeness (QED) is 0.544. The Kier molecular flexibility index (Phi) is 5.74. The molecule has 8 nitrogen and oxygen atoms in total. The number of nitro groups is 1. The van der Waals surface area contributed by atoms with Crippen LogP contribution in [0.2, 0.25) is 0 Å². The highest BCUT2D eigenvalue weighted by Crippen LogP contribution is 2.32. The SMILES string of the molecule is CCN(CC1CCN(C(=O)OC(C)(C)C)C1)c1nc2ccc([N+](=O)[O-])cc2s1. The highest BCUT2D eigenvalue weighted by Gasteiger charge is 2.31. The fourth-order valence-electron chi connectivity index (χ4n) is 3.28. The van der Waals surface area contributed by atoms with E-state index in [0.29, 0.717) is 19.0 Å². The number of hydrogen-bond donors (Lipinski definition) is 0. The Balaban J connectivity index is 1.67. The minimum absolute atomic E-state index is 0.0783. The molecule has 1 unspecified atom stereocenters. The molecule has 1 aromatic heterocycles. The first-order valence-electron chi connectivity index (χ1n) is 9.44. The summed E-state index contributed by atoms with van der Waals surface area (Å²) in [6.45, 7) is 10.6. The smallest absolute Gasteiger partial charge is 0.410 e. The fourth-order valence-corrected chi connectivity index (χ4v) is 4.35. The van der Waals surface area contributed by atoms with Gasteiger partial charge in [-0.15, -0.1) is 0 Å². The molecule has 1 saturated heterocycles. The van der Waals surface area contributed by atoms with Crippen molar-refractivity contribution in [1.29, 1.82) is 0 Å². The monoisotopic (exact) mass is 406 g/mol. The summed E-state index contributed by atoms with van der Waals surface area (Å²) >= 11 is 1.47. The van der Waals surface area contributed by atoms with Crippen LogP contribution in [0.5, 0.6) is 0 Å². The number of carbonyl (C=O) groups is 1. The van der Waals surface area contributed by atoms with Gasteiger partial charge in [0, 0.05) is 38.3 Å². The number of aromatic nitrogens is 1. The normalized spacial score (nSPS) is 17.1. The van der Waals surface area contributed by atoms with Crippen molar-refractivity contribution in [2.45, 2.75) is 39.7 Å². The van der Waals surface area contributed by atoms with Crippen LogP contribution >= 0.6 is 11.3 Å². The molecule has 1 aromatic carbocycles. The number of carbonyl (C=O) groups excluding carboxylic acids is 1. The fraction of sp³-hybridized carbons (Fsp3) is 0.579. The van der Waals surface area contributed by atoms with Crippen LogP contribution in [0, 0.1) is 16.0 Å². The van der Waals surface area contributed by atoms with Crippen molar-refractivity contribution in [2.75, 3.05) is 31.1 Å². The summed E-state index contributed by atoms with van der Waals surface area (Å²) in [6.07, 6.45) is 0.664. The van der Waals surface area contributed by atoms with Gasteiger partial charge in [0.15, 0.2) is 5.13 Å². The zero-order chi connectivity index (χ0) is 20.5. The lowest BCUT2D eigenvalue weighted by atomic mass is 10.1. The lowest BCUT2D eigenvalue weighted by Gasteiger charge is -2.26. The van der Waals surface area contributed by atoms with Crippen LogP contribution in [-0.2, 0) is 4.74 Å². The minimum atomic E-state index is -0.492. The number of nitrogens with zero attached hydrogens (tertiary/aromatic N) is 4. The van der Waals surface area contributed by atoms with Gasteiger partial charge >= 0.3 is 6.09 Å². The van der Waals surface area contributed by atoms with Crippen LogP contribution in [0.4, 0.5) is 15.6 Å². The average molecular weight is 407 g/mol. The maximum Gasteiger partial charge on any atom is 0.410 e. The van der Waals surface area contributed by atoms with E-state index in [9.17, 15) is 14.9 Å². The number of rotatable bonds is 5. The largest absolute Gasteiger partial charge is 0.444 e. The maximum atomic E-state index is 12.3. The van der Waals surface area contributed by atoms with Gasteiger partial charge in [-0.1, -0.05) is 11.3 Å². The molecule has 0 bridgehead atoms. The van der Waals surface area contributed by atoms with Crippen LogP contribution in [-0.4, -0.2) is 52.7 Å². The standard InChI is InChI=1S/C19H26N4O4S/c1-5-21(11-13-8-9-22(12-13)18(24)27-19(2,3)4)17-20-15-7-6-14(23(25)26)10-16(15)28-17/h6-7,10,13H,5,8-9,11-12H2,1-4H3. The predicted octanol–water partition coefficient (Wildman–Crippen LogP) is 4.29. The molecular weight excluding hydrogens is 380 g/mol. The van der Waals surface area contributed by atoms with E-state index >= 15 is 0 Å². The maximum absolute atomic E-state index is 12.3. The molecule has 152 valence electrons. The van der Waals surface area contributed by atoms with E-state index in [1.165, 1.54) is 17.4 Å². The average Bonchev–Trinajstić information content (AvgIpc) is 3.24. The third kappa shape index (κ3) is 4.70. The molecule has 1 aliphatic heterocycles. The molecule has 0 aliphatic carbocycles. The van der Waals surface area contributed by atoms with Crippen LogP contribution in [0.1, 0.15) is 34.1 Å². The first kappa shape index (κ1) is 20.3. The first-order chi connectivity index (χ1) is 13.2. The Labute approximate surface area is 168 Å². The van der Waals surface area contributed by atoms with Crippen LogP contribution < -0.4 is 4.90 Å². The Bertz CT molecular complexity index is 876. The zero-order valence-corrected chi connectivity index (χ0v) is 17.5. The van der Waals surface area contributed by atoms with E-state index < -0.39 is 5.60 Å². The Morgan fingerprint density at radius 2 is 2.21 bits per heavy atom. The molecule has 0 saturated carbocycles. The lowest BCUT2D eigenvalue weighted by molar-refractivity contribution is -0.384. The number of nitro benzene ring substituents is 1. The number of likely N-dealkylation sites (tertiary alicyclic amines) is 1. The number of hydrogen-bond acceptors (Lipinski definition) is 7. The second kappa shape index (κ2) is 7.90. The van der Waals surface area contributed by atoms with Crippen molar-refractivity contribution in [3.8, 4) is 0 Å². The van der Waals surface area contributed by atoms with E-state index in [4.69, 9.17) is 4.74 Å². The van der Waals surface area contributed by atoms with Gasteiger partial charge in [0.05, 0.1) is 15.1 Å². The summed E-state index contributed by atoms with van der Waals surface area (Å²) in [7, 11) is 0. The first-order valence-corrected chi connectivity index (χ1v) is 10.3. The predicted molar refractivity (Wildman–Crippen MR) is 110 cm³/mol. The molecule has 3 rings (SSSR count). The van der Waals surface area contributed by atoms with Gasteiger partial charge in [-0.05, 0) is 46.1 Å². The summed E-state index contributed by atoms with van der Waals surface area (Å²) in [5.41, 5.74) is 0.356. The molecular formula is C19H26N4O4S. The van der Waals surface area contributed by atoms with Gasteiger partial charge in [-0.25, -0.2) is 9.78 Å². The Morgan fingerprint density at radius 1 is 1.46 bits per heavy atom. The molecule has 0 radical (unpaired) electrons. The number of amides is 1. The topological polar surface area (TPSA) is 88.8 Å². The van der Waals surface area contributed by atoms with Crippen molar-refractivity contribution >= 4 is 38.5 Å². The summed E-state index contributed by atoms with van der Waals surface area (Å²) in [6, 6.07) is 4.75. The van der Waals surface area contributed by atoms with Gasteiger partial charge in [0.2, 0.25) is 0 Å². The Morgan fingerprint density at radius 3 is 2.86 bits per heavy atom. The third-order valence-electron chi connectivity index (χ3n) is 4.64. The van der Waals surface area contributed by atoms with Gasteiger partial charge < -0.3 is 14.5 Å². The van der Waals surface area contributed by atoms with E-state index in [0.717, 1.165) is 34.9 Å². The van der Waals surface area contributed by atoms with E-state index in [1.807, 2.05) is 20.8 Å². The molecule has 1 aliphatic rings. The van der Waals surface area contributed by atoms with E-state index in [1.54, 1.807) is 17.0 Å². The third-order valence-corrected chi connectivity index (χ3v) is 5.72. The van der Waals surface area contributed by atoms with Crippen molar-refractivity contribution in [1.82, 2.24) is 9.88 Å². The van der Waals surface area contributed by atoms with Gasteiger partial charge in [-0.3, -0.25) is 10.1 Å². The number of anilines is 1. The molecule has 9 heteroatoms. The number of benzene rings is 1. The summed E-state index contributed by atoms with van der Waals surface area (Å²) in [4.78, 5) is 31.4. The van der Waals surface area contributed by atoms with Gasteiger partial charge in [0.25, 0.3) is 5.69 Å². The molecule has 0 spiro atoms. The number of ether oxygens (including phenoxy) is 1. The Hall–Kier alpha value is -2.42. The van der Waals surface area contributed by atoms with Crippen LogP contribution in [0.25, 0.3) is 10.2 Å². The lowest BCUT2D eigenvalue weighted by Crippen LogP contribution is -2.36. The van der Waals surface area contributed by atoms with Crippen molar-refractivity contribution < 1.29 is 14.5 Å². The molecule has 0 N–H and O–H groups in total. The summed E-state index contributed by atoms with van der Waals surface area (Å²) < 4.78 is 6.27. The van der Waals surface area contributed by atoms with E-state index in [2.05, 4.69) is 16.8 Å². The van der Waals surface area contributed by atoms with Crippen molar-refractivity contribution in [3.63, 3.8) is 0 Å². The minimum Gasteiger partial charge on any atom is -0.444 e. The zero-order valence-electron chi connectivity index (χ0n) is 16.7. The second-order valence-electron chi connectivity index (χ2n) is 8.03. The summed E-state index contributed by atoms with van der Waals surface area (Å²) in [5, 5.41) is 11.8. The summed E-state index contributed by atoms with van der Waals surface area (Å²) in [5.74, 6) is 0.341. The van der Waals surface area contributed by atoms with E-state index in [-0.39, 0.29) is 16.7 Å². The van der Waals surface area contributed by atoms with Gasteiger partial charge in [0.1, 0.15) is 5.60 Å². The molecule has 2 heterocycles. The highest BCUT2D eigenvalue weighted by molar-refractivity contribution is 7.22. The number of fused-ring (bicyclic) bond motifs is 1. The van der Waals surface area contributed by atoms with Crippen molar-refractivity contribution in [2.24, 2.45) is 5.92 Å².